The van der Waals surface area contributed by atoms with Gasteiger partial charge in [-0.25, -0.2) is 0 Å². The van der Waals surface area contributed by atoms with Gasteiger partial charge in [-0.15, -0.1) is 24.0 Å². The fourth-order valence-corrected chi connectivity index (χ4v) is 2.89. The molecule has 1 atom stereocenters. The SMILES string of the molecule is CCNC(=NCC(C)N1CCc2ccccc2C1)NC(C)(C)C.I. The van der Waals surface area contributed by atoms with Crippen molar-refractivity contribution in [2.45, 2.75) is 59.2 Å². The molecule has 1 aliphatic rings. The Balaban J connectivity index is 0.00000288. The molecule has 0 bridgehead atoms. The molecule has 0 aromatic heterocycles. The van der Waals surface area contributed by atoms with Crippen LogP contribution >= 0.6 is 24.0 Å². The standard InChI is InChI=1S/C19H32N4.HI/c1-6-20-18(22-19(3,4)5)21-13-15(2)23-12-11-16-9-7-8-10-17(16)14-23;/h7-10,15H,6,11-14H2,1-5H3,(H2,20,21,22);1H. The minimum absolute atomic E-state index is 0. The third-order valence-electron chi connectivity index (χ3n) is 4.13. The molecule has 0 fully saturated rings. The Morgan fingerprint density at radius 1 is 1.25 bits per heavy atom. The fourth-order valence-electron chi connectivity index (χ4n) is 2.89. The largest absolute Gasteiger partial charge is 0.357 e. The molecule has 0 amide bonds. The molecule has 1 aliphatic heterocycles. The van der Waals surface area contributed by atoms with Crippen molar-refractivity contribution < 1.29 is 0 Å². The first kappa shape index (κ1) is 21.2. The van der Waals surface area contributed by atoms with Gasteiger partial charge in [0.1, 0.15) is 0 Å². The van der Waals surface area contributed by atoms with Gasteiger partial charge in [0.2, 0.25) is 0 Å². The number of aliphatic imine (C=N–C) groups is 1. The van der Waals surface area contributed by atoms with Crippen LogP contribution in [0.4, 0.5) is 0 Å². The van der Waals surface area contributed by atoms with Crippen molar-refractivity contribution in [3.05, 3.63) is 35.4 Å². The lowest BCUT2D eigenvalue weighted by molar-refractivity contribution is 0.195. The van der Waals surface area contributed by atoms with Crippen LogP contribution in [-0.2, 0) is 13.0 Å². The molecular weight excluding hydrogens is 411 g/mol. The second-order valence-electron chi connectivity index (χ2n) is 7.43. The molecule has 4 nitrogen and oxygen atoms in total. The molecule has 24 heavy (non-hydrogen) atoms. The fraction of sp³-hybridized carbons (Fsp3) is 0.632. The van der Waals surface area contributed by atoms with Crippen molar-refractivity contribution in [2.24, 2.45) is 4.99 Å². The van der Waals surface area contributed by atoms with Gasteiger partial charge in [0.25, 0.3) is 0 Å². The molecule has 2 rings (SSSR count). The van der Waals surface area contributed by atoms with E-state index in [0.717, 1.165) is 38.6 Å². The topological polar surface area (TPSA) is 39.7 Å². The average Bonchev–Trinajstić information content (AvgIpc) is 2.50. The Bertz CT molecular complexity index is 536. The Hall–Kier alpha value is -0.820. The summed E-state index contributed by atoms with van der Waals surface area (Å²) < 4.78 is 0. The van der Waals surface area contributed by atoms with E-state index in [0.29, 0.717) is 6.04 Å². The highest BCUT2D eigenvalue weighted by Gasteiger charge is 2.20. The van der Waals surface area contributed by atoms with Crippen LogP contribution < -0.4 is 10.6 Å². The number of nitrogens with zero attached hydrogens (tertiary/aromatic N) is 2. The maximum absolute atomic E-state index is 4.78. The molecule has 0 radical (unpaired) electrons. The van der Waals surface area contributed by atoms with E-state index in [9.17, 15) is 0 Å². The predicted molar refractivity (Wildman–Crippen MR) is 114 cm³/mol. The van der Waals surface area contributed by atoms with Gasteiger partial charge in [0, 0.05) is 31.2 Å². The van der Waals surface area contributed by atoms with Gasteiger partial charge in [-0.3, -0.25) is 9.89 Å². The second kappa shape index (κ2) is 9.61. The van der Waals surface area contributed by atoms with Crippen LogP contribution in [0.3, 0.4) is 0 Å². The average molecular weight is 444 g/mol. The van der Waals surface area contributed by atoms with Crippen LogP contribution in [0.25, 0.3) is 0 Å². The van der Waals surface area contributed by atoms with Crippen LogP contribution in [0.15, 0.2) is 29.3 Å². The van der Waals surface area contributed by atoms with Crippen LogP contribution in [0.5, 0.6) is 0 Å². The van der Waals surface area contributed by atoms with E-state index in [4.69, 9.17) is 4.99 Å². The van der Waals surface area contributed by atoms with E-state index in [2.05, 4.69) is 74.4 Å². The summed E-state index contributed by atoms with van der Waals surface area (Å²) >= 11 is 0. The monoisotopic (exact) mass is 444 g/mol. The van der Waals surface area contributed by atoms with Gasteiger partial charge < -0.3 is 10.6 Å². The smallest absolute Gasteiger partial charge is 0.191 e. The molecule has 1 aromatic rings. The highest BCUT2D eigenvalue weighted by atomic mass is 127. The van der Waals surface area contributed by atoms with Crippen LogP contribution in [0.1, 0.15) is 45.7 Å². The summed E-state index contributed by atoms with van der Waals surface area (Å²) in [7, 11) is 0. The van der Waals surface area contributed by atoms with Crippen molar-refractivity contribution in [3.63, 3.8) is 0 Å². The Morgan fingerprint density at radius 2 is 1.92 bits per heavy atom. The van der Waals surface area contributed by atoms with Gasteiger partial charge in [-0.2, -0.15) is 0 Å². The Labute approximate surface area is 164 Å². The molecule has 0 aliphatic carbocycles. The van der Waals surface area contributed by atoms with Crippen molar-refractivity contribution in [1.29, 1.82) is 0 Å². The van der Waals surface area contributed by atoms with Crippen LogP contribution in [0.2, 0.25) is 0 Å². The van der Waals surface area contributed by atoms with E-state index < -0.39 is 0 Å². The summed E-state index contributed by atoms with van der Waals surface area (Å²) in [5, 5.41) is 6.78. The molecule has 5 heteroatoms. The maximum atomic E-state index is 4.78. The van der Waals surface area contributed by atoms with Crippen molar-refractivity contribution in [3.8, 4) is 0 Å². The highest BCUT2D eigenvalue weighted by Crippen LogP contribution is 2.20. The summed E-state index contributed by atoms with van der Waals surface area (Å²) in [5.41, 5.74) is 2.99. The number of hydrogen-bond acceptors (Lipinski definition) is 2. The molecule has 1 aromatic carbocycles. The van der Waals surface area contributed by atoms with Crippen LogP contribution in [0, 0.1) is 0 Å². The number of fused-ring (bicyclic) bond motifs is 1. The normalized spacial score (nSPS) is 16.8. The third kappa shape index (κ3) is 6.59. The molecule has 1 heterocycles. The summed E-state index contributed by atoms with van der Waals surface area (Å²) in [6.07, 6.45) is 1.14. The molecule has 0 spiro atoms. The van der Waals surface area contributed by atoms with Crippen molar-refractivity contribution in [1.82, 2.24) is 15.5 Å². The van der Waals surface area contributed by atoms with Gasteiger partial charge in [0.05, 0.1) is 6.54 Å². The van der Waals surface area contributed by atoms with E-state index in [1.54, 1.807) is 0 Å². The third-order valence-corrected chi connectivity index (χ3v) is 4.13. The summed E-state index contributed by atoms with van der Waals surface area (Å²) in [5.74, 6) is 0.907. The lowest BCUT2D eigenvalue weighted by Gasteiger charge is -2.33. The van der Waals surface area contributed by atoms with Gasteiger partial charge in [-0.05, 0) is 52.2 Å². The zero-order valence-corrected chi connectivity index (χ0v) is 18.1. The maximum Gasteiger partial charge on any atom is 0.191 e. The molecular formula is C19H33IN4. The van der Waals surface area contributed by atoms with E-state index in [1.807, 2.05) is 0 Å². The number of rotatable bonds is 4. The number of hydrogen-bond donors (Lipinski definition) is 2. The van der Waals surface area contributed by atoms with E-state index in [-0.39, 0.29) is 29.5 Å². The van der Waals surface area contributed by atoms with Crippen molar-refractivity contribution >= 4 is 29.9 Å². The van der Waals surface area contributed by atoms with Gasteiger partial charge in [-0.1, -0.05) is 24.3 Å². The lowest BCUT2D eigenvalue weighted by atomic mass is 9.99. The molecule has 0 saturated carbocycles. The first-order valence-electron chi connectivity index (χ1n) is 8.76. The number of guanidine groups is 1. The lowest BCUT2D eigenvalue weighted by Crippen LogP contribution is -2.48. The zero-order chi connectivity index (χ0) is 16.9. The number of benzene rings is 1. The zero-order valence-electron chi connectivity index (χ0n) is 15.7. The van der Waals surface area contributed by atoms with Gasteiger partial charge >= 0.3 is 0 Å². The molecule has 0 saturated heterocycles. The highest BCUT2D eigenvalue weighted by molar-refractivity contribution is 14.0. The molecule has 1 unspecified atom stereocenters. The molecule has 136 valence electrons. The summed E-state index contributed by atoms with van der Waals surface area (Å²) in [4.78, 5) is 7.32. The summed E-state index contributed by atoms with van der Waals surface area (Å²) in [6.45, 7) is 14.7. The van der Waals surface area contributed by atoms with E-state index >= 15 is 0 Å². The second-order valence-corrected chi connectivity index (χ2v) is 7.43. The minimum Gasteiger partial charge on any atom is -0.357 e. The predicted octanol–water partition coefficient (Wildman–Crippen LogP) is 3.40. The number of halogens is 1. The Morgan fingerprint density at radius 3 is 2.54 bits per heavy atom. The van der Waals surface area contributed by atoms with Gasteiger partial charge in [0.15, 0.2) is 5.96 Å². The molecule has 2 N–H and O–H groups in total. The quantitative estimate of drug-likeness (QED) is 0.425. The Kier molecular flexibility index (Phi) is 8.50. The van der Waals surface area contributed by atoms with Crippen LogP contribution in [-0.4, -0.2) is 42.1 Å². The van der Waals surface area contributed by atoms with E-state index in [1.165, 1.54) is 11.1 Å². The summed E-state index contributed by atoms with van der Waals surface area (Å²) in [6, 6.07) is 9.23. The first-order chi connectivity index (χ1) is 10.9. The minimum atomic E-state index is 0. The first-order valence-corrected chi connectivity index (χ1v) is 8.76. The number of nitrogens with one attached hydrogen (secondary N) is 2. The van der Waals surface area contributed by atoms with Crippen molar-refractivity contribution in [2.75, 3.05) is 19.6 Å².